The number of carbonyl (C=O) groups excluding carboxylic acids is 1. The molecular weight excluding hydrogens is 402 g/mol. The van der Waals surface area contributed by atoms with E-state index >= 15 is 0 Å². The van der Waals surface area contributed by atoms with Crippen LogP contribution in [0.25, 0.3) is 16.6 Å². The van der Waals surface area contributed by atoms with Gasteiger partial charge in [0.1, 0.15) is 17.7 Å². The van der Waals surface area contributed by atoms with Crippen LogP contribution in [0.5, 0.6) is 5.75 Å². The number of nitrogens with zero attached hydrogens (tertiary/aromatic N) is 3. The topological polar surface area (TPSA) is 64.4 Å². The Morgan fingerprint density at radius 1 is 0.969 bits per heavy atom. The Morgan fingerprint density at radius 3 is 2.16 bits per heavy atom. The molecule has 32 heavy (non-hydrogen) atoms. The van der Waals surface area contributed by atoms with Crippen LogP contribution < -0.4 is 10.3 Å². The van der Waals surface area contributed by atoms with Crippen LogP contribution >= 0.6 is 0 Å². The second kappa shape index (κ2) is 12.0. The molecule has 4 rings (SSSR count). The van der Waals surface area contributed by atoms with E-state index in [-0.39, 0.29) is 17.6 Å². The van der Waals surface area contributed by atoms with E-state index in [1.165, 1.54) is 0 Å². The molecule has 0 atom stereocenters. The van der Waals surface area contributed by atoms with Crippen molar-refractivity contribution in [1.82, 2.24) is 14.5 Å². The molecule has 172 valence electrons. The van der Waals surface area contributed by atoms with Crippen LogP contribution in [0.15, 0.2) is 53.3 Å². The van der Waals surface area contributed by atoms with E-state index in [1.807, 2.05) is 82.0 Å². The fourth-order valence-corrected chi connectivity index (χ4v) is 3.70. The first-order chi connectivity index (χ1) is 15.5. The second-order valence-electron chi connectivity index (χ2n) is 7.13. The molecule has 2 heterocycles. The molecule has 0 unspecified atom stereocenters. The number of carbonyl (C=O) groups is 1. The number of fused-ring (bicyclic) bond motifs is 1. The molecule has 6 heteroatoms. The minimum Gasteiger partial charge on any atom is -0.490 e. The molecule has 0 spiro atoms. The Hall–Kier alpha value is -3.15. The van der Waals surface area contributed by atoms with E-state index in [0.29, 0.717) is 16.7 Å². The molecule has 1 amide bonds. The number of hydrogen-bond acceptors (Lipinski definition) is 4. The third-order valence-electron chi connectivity index (χ3n) is 5.23. The zero-order chi connectivity index (χ0) is 23.7. The van der Waals surface area contributed by atoms with Gasteiger partial charge >= 0.3 is 0 Å². The Morgan fingerprint density at radius 2 is 1.56 bits per heavy atom. The van der Waals surface area contributed by atoms with Crippen LogP contribution in [-0.2, 0) is 4.79 Å². The van der Waals surface area contributed by atoms with Gasteiger partial charge in [-0.15, -0.1) is 0 Å². The first kappa shape index (κ1) is 25.1. The quantitative estimate of drug-likeness (QED) is 0.569. The van der Waals surface area contributed by atoms with Gasteiger partial charge in [0.2, 0.25) is 5.91 Å². The Labute approximate surface area is 190 Å². The molecule has 0 bridgehead atoms. The number of rotatable bonds is 3. The summed E-state index contributed by atoms with van der Waals surface area (Å²) in [5.74, 6) is 1.53. The highest BCUT2D eigenvalue weighted by atomic mass is 16.5. The summed E-state index contributed by atoms with van der Waals surface area (Å²) < 4.78 is 7.69. The lowest BCUT2D eigenvalue weighted by molar-refractivity contribution is -0.130. The van der Waals surface area contributed by atoms with Crippen LogP contribution in [0.1, 0.15) is 53.3 Å². The number of aromatic nitrogens is 2. The van der Waals surface area contributed by atoms with Gasteiger partial charge in [0, 0.05) is 32.9 Å². The molecule has 3 aromatic rings. The molecule has 1 aliphatic heterocycles. The van der Waals surface area contributed by atoms with Crippen LogP contribution in [0.2, 0.25) is 0 Å². The van der Waals surface area contributed by atoms with E-state index in [2.05, 4.69) is 4.98 Å². The molecule has 0 aliphatic carbocycles. The van der Waals surface area contributed by atoms with Crippen molar-refractivity contribution in [3.63, 3.8) is 0 Å². The van der Waals surface area contributed by atoms with Gasteiger partial charge in [-0.3, -0.25) is 14.2 Å². The van der Waals surface area contributed by atoms with Crippen molar-refractivity contribution in [2.75, 3.05) is 13.1 Å². The molecule has 0 saturated carbocycles. The highest BCUT2D eigenvalue weighted by Crippen LogP contribution is 2.21. The standard InChI is InChI=1S/C22H23N3O3.2C2H6/c1-15-23-21-6-4-3-5-20(21)22(27)25(15)17-7-9-18(10-8-17)28-19-11-13-24(14-12-19)16(2)26;2*1-2/h3-10,19H,11-14H2,1-2H3;2*1-2H3. The highest BCUT2D eigenvalue weighted by molar-refractivity contribution is 5.77. The molecular formula is C26H35N3O3. The second-order valence-corrected chi connectivity index (χ2v) is 7.13. The third kappa shape index (κ3) is 5.75. The molecule has 1 aliphatic rings. The number of amides is 1. The average molecular weight is 438 g/mol. The fourth-order valence-electron chi connectivity index (χ4n) is 3.70. The van der Waals surface area contributed by atoms with E-state index in [9.17, 15) is 9.59 Å². The minimum absolute atomic E-state index is 0.0756. The monoisotopic (exact) mass is 437 g/mol. The van der Waals surface area contributed by atoms with Gasteiger partial charge < -0.3 is 9.64 Å². The molecule has 1 aromatic heterocycles. The van der Waals surface area contributed by atoms with Gasteiger partial charge in [0.15, 0.2) is 0 Å². The smallest absolute Gasteiger partial charge is 0.265 e. The highest BCUT2D eigenvalue weighted by Gasteiger charge is 2.22. The molecule has 1 saturated heterocycles. The lowest BCUT2D eigenvalue weighted by atomic mass is 10.1. The predicted molar refractivity (Wildman–Crippen MR) is 131 cm³/mol. The van der Waals surface area contributed by atoms with Gasteiger partial charge in [-0.1, -0.05) is 39.8 Å². The van der Waals surface area contributed by atoms with Crippen molar-refractivity contribution in [2.24, 2.45) is 0 Å². The summed E-state index contributed by atoms with van der Waals surface area (Å²) in [6.07, 6.45) is 1.76. The maximum absolute atomic E-state index is 12.9. The van der Waals surface area contributed by atoms with Gasteiger partial charge in [-0.05, 0) is 43.3 Å². The van der Waals surface area contributed by atoms with E-state index in [0.717, 1.165) is 37.4 Å². The molecule has 0 radical (unpaired) electrons. The number of para-hydroxylation sites is 1. The lowest BCUT2D eigenvalue weighted by Gasteiger charge is -2.31. The number of likely N-dealkylation sites (tertiary alicyclic amines) is 1. The molecule has 0 N–H and O–H groups in total. The molecule has 6 nitrogen and oxygen atoms in total. The van der Waals surface area contributed by atoms with Gasteiger partial charge in [-0.2, -0.15) is 0 Å². The number of piperidine rings is 1. The van der Waals surface area contributed by atoms with Gasteiger partial charge in [0.05, 0.1) is 16.6 Å². The van der Waals surface area contributed by atoms with Crippen LogP contribution in [0, 0.1) is 6.92 Å². The van der Waals surface area contributed by atoms with Crippen molar-refractivity contribution in [2.45, 2.75) is 60.5 Å². The fraction of sp³-hybridized carbons (Fsp3) is 0.423. The maximum atomic E-state index is 12.9. The summed E-state index contributed by atoms with van der Waals surface area (Å²) in [4.78, 5) is 30.7. The number of hydrogen-bond donors (Lipinski definition) is 0. The largest absolute Gasteiger partial charge is 0.490 e. The SMILES string of the molecule is CC.CC.CC(=O)N1CCC(Oc2ccc(-n3c(C)nc4ccccc4c3=O)cc2)CC1. The van der Waals surface area contributed by atoms with Crippen LogP contribution in [0.4, 0.5) is 0 Å². The summed E-state index contributed by atoms with van der Waals surface area (Å²) in [5, 5.41) is 0.602. The van der Waals surface area contributed by atoms with Crippen molar-refractivity contribution in [1.29, 1.82) is 0 Å². The van der Waals surface area contributed by atoms with E-state index in [4.69, 9.17) is 4.74 Å². The Balaban J connectivity index is 0.000000860. The predicted octanol–water partition coefficient (Wildman–Crippen LogP) is 5.14. The van der Waals surface area contributed by atoms with E-state index < -0.39 is 0 Å². The first-order valence-electron chi connectivity index (χ1n) is 11.5. The van der Waals surface area contributed by atoms with Crippen LogP contribution in [-0.4, -0.2) is 39.6 Å². The molecule has 2 aromatic carbocycles. The summed E-state index contributed by atoms with van der Waals surface area (Å²) in [7, 11) is 0. The van der Waals surface area contributed by atoms with Crippen molar-refractivity contribution >= 4 is 16.8 Å². The average Bonchev–Trinajstić information content (AvgIpc) is 2.83. The maximum Gasteiger partial charge on any atom is 0.265 e. The summed E-state index contributed by atoms with van der Waals surface area (Å²) in [6, 6.07) is 14.9. The van der Waals surface area contributed by atoms with Gasteiger partial charge in [0.25, 0.3) is 5.56 Å². The summed E-state index contributed by atoms with van der Waals surface area (Å²) in [6.45, 7) is 12.9. The van der Waals surface area contributed by atoms with Crippen molar-refractivity contribution < 1.29 is 9.53 Å². The zero-order valence-corrected chi connectivity index (χ0v) is 20.1. The Kier molecular flexibility index (Phi) is 9.44. The normalized spacial score (nSPS) is 13.5. The lowest BCUT2D eigenvalue weighted by Crippen LogP contribution is -2.40. The Bertz CT molecular complexity index is 1070. The summed E-state index contributed by atoms with van der Waals surface area (Å²) in [5.41, 5.74) is 1.39. The van der Waals surface area contributed by atoms with Crippen LogP contribution in [0.3, 0.4) is 0 Å². The first-order valence-corrected chi connectivity index (χ1v) is 11.5. The number of ether oxygens (including phenoxy) is 1. The van der Waals surface area contributed by atoms with Crippen molar-refractivity contribution in [3.05, 3.63) is 64.7 Å². The number of aryl methyl sites for hydroxylation is 1. The van der Waals surface area contributed by atoms with Gasteiger partial charge in [-0.25, -0.2) is 4.98 Å². The number of benzene rings is 2. The minimum atomic E-state index is -0.0756. The van der Waals surface area contributed by atoms with E-state index in [1.54, 1.807) is 17.6 Å². The van der Waals surface area contributed by atoms with Crippen molar-refractivity contribution in [3.8, 4) is 11.4 Å². The molecule has 1 fully saturated rings. The zero-order valence-electron chi connectivity index (χ0n) is 20.1. The summed E-state index contributed by atoms with van der Waals surface area (Å²) >= 11 is 0. The third-order valence-corrected chi connectivity index (χ3v) is 5.23.